The molecule has 4 aromatic rings. The van der Waals surface area contributed by atoms with Gasteiger partial charge in [-0.15, -0.1) is 0 Å². The molecular weight excluding hydrogens is 286 g/mol. The predicted octanol–water partition coefficient (Wildman–Crippen LogP) is 3.86. The summed E-state index contributed by atoms with van der Waals surface area (Å²) in [6.07, 6.45) is 4.30. The van der Waals surface area contributed by atoms with Crippen LogP contribution in [0.3, 0.4) is 0 Å². The smallest absolute Gasteiger partial charge is 0.150 e. The maximum absolute atomic E-state index is 10.4. The number of benzene rings is 2. The highest BCUT2D eigenvalue weighted by Crippen LogP contribution is 2.16. The number of aromatic nitrogens is 2. The Balaban J connectivity index is 0.000000136. The topological polar surface area (TPSA) is 68.9 Å². The zero-order valence-electron chi connectivity index (χ0n) is 12.4. The lowest BCUT2D eigenvalue weighted by Gasteiger charge is -1.97. The monoisotopic (exact) mass is 301 g/mol. The lowest BCUT2D eigenvalue weighted by atomic mass is 10.1. The van der Waals surface area contributed by atoms with Gasteiger partial charge in [0.1, 0.15) is 6.29 Å². The number of pyridine rings is 2. The average molecular weight is 301 g/mol. The van der Waals surface area contributed by atoms with Gasteiger partial charge in [-0.1, -0.05) is 36.4 Å². The molecule has 0 saturated heterocycles. The molecule has 2 N–H and O–H groups in total. The molecule has 0 aliphatic carbocycles. The van der Waals surface area contributed by atoms with Gasteiger partial charge in [0.05, 0.1) is 16.7 Å². The van der Waals surface area contributed by atoms with Gasteiger partial charge in [0.15, 0.2) is 0 Å². The Kier molecular flexibility index (Phi) is 4.25. The highest BCUT2D eigenvalue weighted by molar-refractivity contribution is 5.88. The van der Waals surface area contributed by atoms with Crippen LogP contribution in [0.2, 0.25) is 0 Å². The van der Waals surface area contributed by atoms with Crippen LogP contribution in [0.15, 0.2) is 73.1 Å². The quantitative estimate of drug-likeness (QED) is 0.428. The van der Waals surface area contributed by atoms with E-state index in [2.05, 4.69) is 9.97 Å². The van der Waals surface area contributed by atoms with Crippen molar-refractivity contribution in [2.75, 3.05) is 5.73 Å². The Morgan fingerprint density at radius 1 is 0.826 bits per heavy atom. The van der Waals surface area contributed by atoms with Crippen LogP contribution in [0.4, 0.5) is 5.69 Å². The lowest BCUT2D eigenvalue weighted by Crippen LogP contribution is -1.87. The number of hydrogen-bond acceptors (Lipinski definition) is 4. The predicted molar refractivity (Wildman–Crippen MR) is 93.3 cm³/mol. The first kappa shape index (κ1) is 14.7. The highest BCUT2D eigenvalue weighted by atomic mass is 16.1. The van der Waals surface area contributed by atoms with E-state index in [0.29, 0.717) is 5.56 Å². The van der Waals surface area contributed by atoms with E-state index in [0.717, 1.165) is 33.8 Å². The number of rotatable bonds is 1. The van der Waals surface area contributed by atoms with Crippen LogP contribution in [0.5, 0.6) is 0 Å². The molecule has 0 bridgehead atoms. The summed E-state index contributed by atoms with van der Waals surface area (Å²) < 4.78 is 0. The fourth-order valence-electron chi connectivity index (χ4n) is 2.28. The van der Waals surface area contributed by atoms with Gasteiger partial charge in [-0.05, 0) is 24.3 Å². The Morgan fingerprint density at radius 2 is 1.57 bits per heavy atom. The Hall–Kier alpha value is -3.27. The van der Waals surface area contributed by atoms with Crippen LogP contribution < -0.4 is 5.73 Å². The summed E-state index contributed by atoms with van der Waals surface area (Å²) in [5, 5.41) is 2.15. The van der Waals surface area contributed by atoms with E-state index in [-0.39, 0.29) is 0 Å². The third-order valence-electron chi connectivity index (χ3n) is 3.43. The molecule has 112 valence electrons. The van der Waals surface area contributed by atoms with Crippen molar-refractivity contribution in [2.24, 2.45) is 0 Å². The number of nitrogen functional groups attached to an aromatic ring is 1. The number of carbonyl (C=O) groups is 1. The number of nitrogens with two attached hydrogens (primary N) is 1. The molecule has 0 aliphatic heterocycles. The number of aldehydes is 1. The first-order valence-electron chi connectivity index (χ1n) is 7.17. The van der Waals surface area contributed by atoms with Gasteiger partial charge >= 0.3 is 0 Å². The van der Waals surface area contributed by atoms with E-state index in [4.69, 9.17) is 5.73 Å². The minimum absolute atomic E-state index is 0.668. The maximum atomic E-state index is 10.4. The average Bonchev–Trinajstić information content (AvgIpc) is 2.62. The van der Waals surface area contributed by atoms with E-state index in [1.165, 1.54) is 0 Å². The summed E-state index contributed by atoms with van der Waals surface area (Å²) in [7, 11) is 0. The molecule has 0 amide bonds. The Morgan fingerprint density at radius 3 is 2.35 bits per heavy atom. The standard InChI is InChI=1S/C10H7NO.C9H8N2/c12-7-8-3-4-9-2-1-5-11-10(9)6-8;10-8-5-1-3-7-4-2-6-11-9(7)8/h1-7H;1-6H,10H2. The number of anilines is 1. The summed E-state index contributed by atoms with van der Waals surface area (Å²) >= 11 is 0. The SMILES string of the molecule is Nc1cccc2cccnc12.O=Cc1ccc2cccnc2c1. The molecule has 2 aromatic heterocycles. The number of para-hydroxylation sites is 1. The van der Waals surface area contributed by atoms with Crippen molar-refractivity contribution in [1.82, 2.24) is 9.97 Å². The highest BCUT2D eigenvalue weighted by Gasteiger charge is 1.95. The van der Waals surface area contributed by atoms with Crippen molar-refractivity contribution in [3.63, 3.8) is 0 Å². The molecular formula is C19H15N3O. The summed E-state index contributed by atoms with van der Waals surface area (Å²) in [5.74, 6) is 0. The van der Waals surface area contributed by atoms with Gasteiger partial charge in [-0.25, -0.2) is 0 Å². The molecule has 4 heteroatoms. The summed E-state index contributed by atoms with van der Waals surface area (Å²) in [5.41, 5.74) is 8.85. The third-order valence-corrected chi connectivity index (χ3v) is 3.43. The largest absolute Gasteiger partial charge is 0.397 e. The summed E-state index contributed by atoms with van der Waals surface area (Å²) in [4.78, 5) is 18.7. The zero-order valence-corrected chi connectivity index (χ0v) is 12.4. The van der Waals surface area contributed by atoms with Crippen LogP contribution >= 0.6 is 0 Å². The van der Waals surface area contributed by atoms with E-state index < -0.39 is 0 Å². The number of hydrogen-bond donors (Lipinski definition) is 1. The Labute approximate surface area is 133 Å². The van der Waals surface area contributed by atoms with Gasteiger partial charge in [0, 0.05) is 28.7 Å². The van der Waals surface area contributed by atoms with E-state index in [9.17, 15) is 4.79 Å². The van der Waals surface area contributed by atoms with Crippen LogP contribution in [0, 0.1) is 0 Å². The molecule has 2 aromatic carbocycles. The van der Waals surface area contributed by atoms with Crippen LogP contribution in [0.25, 0.3) is 21.8 Å². The zero-order chi connectivity index (χ0) is 16.1. The normalized spacial score (nSPS) is 10.1. The van der Waals surface area contributed by atoms with Gasteiger partial charge in [-0.2, -0.15) is 0 Å². The number of carbonyl (C=O) groups excluding carboxylic acids is 1. The second kappa shape index (κ2) is 6.66. The van der Waals surface area contributed by atoms with Crippen LogP contribution in [-0.4, -0.2) is 16.3 Å². The van der Waals surface area contributed by atoms with Gasteiger partial charge in [0.2, 0.25) is 0 Å². The first-order valence-corrected chi connectivity index (χ1v) is 7.17. The molecule has 0 saturated carbocycles. The van der Waals surface area contributed by atoms with Crippen molar-refractivity contribution in [2.45, 2.75) is 0 Å². The molecule has 0 unspecified atom stereocenters. The van der Waals surface area contributed by atoms with Crippen molar-refractivity contribution in [1.29, 1.82) is 0 Å². The van der Waals surface area contributed by atoms with Crippen molar-refractivity contribution < 1.29 is 4.79 Å². The summed E-state index contributed by atoms with van der Waals surface area (Å²) in [6.45, 7) is 0. The molecule has 0 radical (unpaired) electrons. The van der Waals surface area contributed by atoms with Crippen molar-refractivity contribution >= 4 is 33.8 Å². The molecule has 23 heavy (non-hydrogen) atoms. The van der Waals surface area contributed by atoms with Crippen molar-refractivity contribution in [3.05, 3.63) is 78.6 Å². The lowest BCUT2D eigenvalue weighted by molar-refractivity contribution is 0.112. The van der Waals surface area contributed by atoms with Gasteiger partial charge in [0.25, 0.3) is 0 Å². The molecule has 0 fully saturated rings. The third kappa shape index (κ3) is 3.32. The van der Waals surface area contributed by atoms with E-state index >= 15 is 0 Å². The van der Waals surface area contributed by atoms with E-state index in [1.54, 1.807) is 24.5 Å². The maximum Gasteiger partial charge on any atom is 0.150 e. The molecule has 4 nitrogen and oxygen atoms in total. The van der Waals surface area contributed by atoms with Gasteiger partial charge < -0.3 is 5.73 Å². The van der Waals surface area contributed by atoms with Crippen LogP contribution in [-0.2, 0) is 0 Å². The molecule has 2 heterocycles. The molecule has 4 rings (SSSR count). The van der Waals surface area contributed by atoms with E-state index in [1.807, 2.05) is 48.5 Å². The minimum Gasteiger partial charge on any atom is -0.397 e. The second-order valence-electron chi connectivity index (χ2n) is 5.00. The molecule has 0 spiro atoms. The fourth-order valence-corrected chi connectivity index (χ4v) is 2.28. The Bertz CT molecular complexity index is 961. The summed E-state index contributed by atoms with van der Waals surface area (Å²) in [6, 6.07) is 19.0. The number of fused-ring (bicyclic) bond motifs is 2. The first-order chi connectivity index (χ1) is 11.3. The minimum atomic E-state index is 0.668. The van der Waals surface area contributed by atoms with Crippen LogP contribution in [0.1, 0.15) is 10.4 Å². The fraction of sp³-hybridized carbons (Fsp3) is 0. The van der Waals surface area contributed by atoms with Gasteiger partial charge in [-0.3, -0.25) is 14.8 Å². The molecule has 0 atom stereocenters. The van der Waals surface area contributed by atoms with Crippen molar-refractivity contribution in [3.8, 4) is 0 Å². The second-order valence-corrected chi connectivity index (χ2v) is 5.00. The molecule has 0 aliphatic rings. The number of nitrogens with zero attached hydrogens (tertiary/aromatic N) is 2.